The number of rotatable bonds is 6. The van der Waals surface area contributed by atoms with Crippen LogP contribution in [0.5, 0.6) is 0 Å². The summed E-state index contributed by atoms with van der Waals surface area (Å²) in [5, 5.41) is 18.1. The normalized spacial score (nSPS) is 10.9. The first-order chi connectivity index (χ1) is 15.1. The van der Waals surface area contributed by atoms with Crippen molar-refractivity contribution in [2.24, 2.45) is 0 Å². The van der Waals surface area contributed by atoms with Gasteiger partial charge in [-0.3, -0.25) is 4.79 Å². The predicted octanol–water partition coefficient (Wildman–Crippen LogP) is 4.34. The summed E-state index contributed by atoms with van der Waals surface area (Å²) in [6.45, 7) is 0. The zero-order valence-electron chi connectivity index (χ0n) is 16.0. The van der Waals surface area contributed by atoms with E-state index in [0.29, 0.717) is 17.3 Å². The van der Waals surface area contributed by atoms with Crippen LogP contribution in [0.1, 0.15) is 5.56 Å². The van der Waals surface area contributed by atoms with E-state index in [0.717, 1.165) is 30.0 Å². The maximum absolute atomic E-state index is 13.6. The van der Waals surface area contributed by atoms with Gasteiger partial charge in [0.05, 0.1) is 0 Å². The fourth-order valence-corrected chi connectivity index (χ4v) is 2.69. The number of nitrogens with zero attached hydrogens (tertiary/aromatic N) is 4. The molecule has 4 aromatic rings. The van der Waals surface area contributed by atoms with E-state index >= 15 is 0 Å². The molecule has 0 fully saturated rings. The third-order valence-corrected chi connectivity index (χ3v) is 4.19. The monoisotopic (exact) mass is 418 g/mol. The summed E-state index contributed by atoms with van der Waals surface area (Å²) in [5.41, 5.74) is 1.28. The number of carbonyl (C=O) groups excluding carboxylic acids is 1. The van der Waals surface area contributed by atoms with Gasteiger partial charge in [-0.05, 0) is 66.7 Å². The van der Waals surface area contributed by atoms with Gasteiger partial charge in [-0.15, -0.1) is 10.2 Å². The van der Waals surface area contributed by atoms with E-state index in [4.69, 9.17) is 0 Å². The Labute approximate surface area is 176 Å². The molecule has 0 unspecified atom stereocenters. The Morgan fingerprint density at radius 3 is 2.48 bits per heavy atom. The van der Waals surface area contributed by atoms with Gasteiger partial charge in [0.25, 0.3) is 0 Å². The molecule has 154 valence electrons. The number of benzene rings is 2. The molecule has 0 saturated carbocycles. The molecule has 0 radical (unpaired) electrons. The molecule has 0 spiro atoms. The summed E-state index contributed by atoms with van der Waals surface area (Å²) in [6.07, 6.45) is 5.79. The molecule has 2 aromatic carbocycles. The van der Waals surface area contributed by atoms with Crippen LogP contribution in [0, 0.1) is 11.6 Å². The third-order valence-electron chi connectivity index (χ3n) is 4.19. The number of carbonyl (C=O) groups is 1. The van der Waals surface area contributed by atoms with E-state index in [1.54, 1.807) is 59.5 Å². The van der Waals surface area contributed by atoms with Crippen molar-refractivity contribution in [3.63, 3.8) is 0 Å². The molecule has 0 saturated heterocycles. The number of aromatic nitrogens is 4. The van der Waals surface area contributed by atoms with Crippen molar-refractivity contribution in [1.29, 1.82) is 0 Å². The van der Waals surface area contributed by atoms with Crippen molar-refractivity contribution in [1.82, 2.24) is 20.0 Å². The van der Waals surface area contributed by atoms with Gasteiger partial charge in [-0.25, -0.2) is 13.5 Å². The maximum Gasteiger partial charge on any atom is 0.248 e. The smallest absolute Gasteiger partial charge is 0.248 e. The lowest BCUT2D eigenvalue weighted by Gasteiger charge is -2.07. The summed E-state index contributed by atoms with van der Waals surface area (Å²) < 4.78 is 28.4. The van der Waals surface area contributed by atoms with Crippen molar-refractivity contribution in [2.75, 3.05) is 10.6 Å². The SMILES string of the molecule is O=C(/C=C/c1cc(F)ccc1F)Nc1ccc(Nc2ccc(-n3cccn3)nn2)cc1. The highest BCUT2D eigenvalue weighted by molar-refractivity contribution is 6.02. The lowest BCUT2D eigenvalue weighted by molar-refractivity contribution is -0.111. The summed E-state index contributed by atoms with van der Waals surface area (Å²) in [4.78, 5) is 12.0. The largest absolute Gasteiger partial charge is 0.339 e. The zero-order chi connectivity index (χ0) is 21.6. The van der Waals surface area contributed by atoms with Gasteiger partial charge < -0.3 is 10.6 Å². The van der Waals surface area contributed by atoms with E-state index in [2.05, 4.69) is 25.9 Å². The van der Waals surface area contributed by atoms with Gasteiger partial charge in [0, 0.05) is 35.4 Å². The molecule has 0 atom stereocenters. The molecule has 0 aliphatic rings. The predicted molar refractivity (Wildman–Crippen MR) is 113 cm³/mol. The van der Waals surface area contributed by atoms with Gasteiger partial charge in [-0.2, -0.15) is 5.10 Å². The Morgan fingerprint density at radius 2 is 1.77 bits per heavy atom. The number of hydrogen-bond donors (Lipinski definition) is 2. The van der Waals surface area contributed by atoms with Gasteiger partial charge in [0.2, 0.25) is 5.91 Å². The highest BCUT2D eigenvalue weighted by atomic mass is 19.1. The minimum Gasteiger partial charge on any atom is -0.339 e. The highest BCUT2D eigenvalue weighted by Gasteiger charge is 2.04. The van der Waals surface area contributed by atoms with E-state index in [-0.39, 0.29) is 5.56 Å². The molecule has 0 aliphatic carbocycles. The molecule has 2 N–H and O–H groups in total. The Bertz CT molecular complexity index is 1210. The lowest BCUT2D eigenvalue weighted by Crippen LogP contribution is -2.07. The van der Waals surface area contributed by atoms with Gasteiger partial charge in [0.1, 0.15) is 11.6 Å². The zero-order valence-corrected chi connectivity index (χ0v) is 16.0. The van der Waals surface area contributed by atoms with Crippen LogP contribution in [0.25, 0.3) is 11.9 Å². The van der Waals surface area contributed by atoms with E-state index < -0.39 is 17.5 Å². The molecular weight excluding hydrogens is 402 g/mol. The number of nitrogens with one attached hydrogen (secondary N) is 2. The van der Waals surface area contributed by atoms with Crippen molar-refractivity contribution < 1.29 is 13.6 Å². The van der Waals surface area contributed by atoms with Crippen LogP contribution in [-0.4, -0.2) is 25.9 Å². The van der Waals surface area contributed by atoms with Crippen LogP contribution in [0.3, 0.4) is 0 Å². The molecule has 9 heteroatoms. The van der Waals surface area contributed by atoms with E-state index in [1.807, 2.05) is 0 Å². The van der Waals surface area contributed by atoms with Crippen molar-refractivity contribution in [3.8, 4) is 5.82 Å². The summed E-state index contributed by atoms with van der Waals surface area (Å²) >= 11 is 0. The first-order valence-electron chi connectivity index (χ1n) is 9.22. The van der Waals surface area contributed by atoms with Crippen molar-refractivity contribution >= 4 is 29.2 Å². The summed E-state index contributed by atoms with van der Waals surface area (Å²) in [7, 11) is 0. The molecule has 0 aliphatic heterocycles. The fourth-order valence-electron chi connectivity index (χ4n) is 2.69. The van der Waals surface area contributed by atoms with Crippen LogP contribution in [-0.2, 0) is 4.79 Å². The minimum atomic E-state index is -0.610. The Hall–Kier alpha value is -4.40. The fraction of sp³-hybridized carbons (Fsp3) is 0. The molecule has 7 nitrogen and oxygen atoms in total. The topological polar surface area (TPSA) is 84.7 Å². The summed E-state index contributed by atoms with van der Waals surface area (Å²) in [5.74, 6) is -0.510. The standard InChI is InChI=1S/C22H16F2N6O/c23-16-3-8-19(24)15(14-16)2-11-22(31)27-18-6-4-17(5-7-18)26-20-9-10-21(29-28-20)30-13-1-12-25-30/h1-14H,(H,26,28)(H,27,31)/b11-2+. The van der Waals surface area contributed by atoms with Gasteiger partial charge in [0.15, 0.2) is 11.6 Å². The second kappa shape index (κ2) is 8.95. The minimum absolute atomic E-state index is 0.00520. The van der Waals surface area contributed by atoms with Crippen molar-refractivity contribution in [3.05, 3.63) is 96.3 Å². The van der Waals surface area contributed by atoms with Crippen LogP contribution < -0.4 is 10.6 Å². The maximum atomic E-state index is 13.6. The third kappa shape index (κ3) is 5.15. The first kappa shape index (κ1) is 19.9. The number of halogens is 2. The number of amides is 1. The molecule has 2 aromatic heterocycles. The average Bonchev–Trinajstić information content (AvgIpc) is 3.31. The summed E-state index contributed by atoms with van der Waals surface area (Å²) in [6, 6.07) is 15.3. The lowest BCUT2D eigenvalue weighted by atomic mass is 10.2. The Morgan fingerprint density at radius 1 is 0.968 bits per heavy atom. The van der Waals surface area contributed by atoms with Crippen LogP contribution >= 0.6 is 0 Å². The van der Waals surface area contributed by atoms with Crippen LogP contribution in [0.4, 0.5) is 26.0 Å². The van der Waals surface area contributed by atoms with Gasteiger partial charge >= 0.3 is 0 Å². The molecule has 1 amide bonds. The highest BCUT2D eigenvalue weighted by Crippen LogP contribution is 2.18. The quantitative estimate of drug-likeness (QED) is 0.455. The van der Waals surface area contributed by atoms with E-state index in [1.165, 1.54) is 6.08 Å². The Balaban J connectivity index is 1.35. The van der Waals surface area contributed by atoms with Crippen molar-refractivity contribution in [2.45, 2.75) is 0 Å². The van der Waals surface area contributed by atoms with E-state index in [9.17, 15) is 13.6 Å². The molecule has 31 heavy (non-hydrogen) atoms. The van der Waals surface area contributed by atoms with Gasteiger partial charge in [-0.1, -0.05) is 0 Å². The second-order valence-corrected chi connectivity index (χ2v) is 6.42. The Kier molecular flexibility index (Phi) is 5.75. The molecular formula is C22H16F2N6O. The first-order valence-corrected chi connectivity index (χ1v) is 9.22. The number of hydrogen-bond acceptors (Lipinski definition) is 5. The molecule has 0 bridgehead atoms. The average molecular weight is 418 g/mol. The molecule has 4 rings (SSSR count). The number of anilines is 3. The van der Waals surface area contributed by atoms with Crippen LogP contribution in [0.2, 0.25) is 0 Å². The second-order valence-electron chi connectivity index (χ2n) is 6.42. The van der Waals surface area contributed by atoms with Crippen LogP contribution in [0.15, 0.2) is 79.1 Å². The molecule has 2 heterocycles.